The molecule has 1 aliphatic heterocycles. The molecule has 5 nitrogen and oxygen atoms in total. The van der Waals surface area contributed by atoms with E-state index < -0.39 is 5.97 Å². The Morgan fingerprint density at radius 3 is 2.95 bits per heavy atom. The van der Waals surface area contributed by atoms with Crippen LogP contribution in [-0.2, 0) is 9.53 Å². The largest absolute Gasteiger partial charge is 0.488 e. The highest BCUT2D eigenvalue weighted by Gasteiger charge is 2.20. The third-order valence-electron chi connectivity index (χ3n) is 3.18. The van der Waals surface area contributed by atoms with E-state index in [0.29, 0.717) is 27.6 Å². The first-order valence-electron chi connectivity index (χ1n) is 6.60. The van der Waals surface area contributed by atoms with Gasteiger partial charge in [-0.2, -0.15) is 0 Å². The molecule has 0 radical (unpaired) electrons. The van der Waals surface area contributed by atoms with Gasteiger partial charge in [0.2, 0.25) is 5.78 Å². The van der Waals surface area contributed by atoms with Gasteiger partial charge in [-0.05, 0) is 36.4 Å². The Balaban J connectivity index is 1.67. The van der Waals surface area contributed by atoms with Gasteiger partial charge in [0.15, 0.2) is 6.61 Å². The van der Waals surface area contributed by atoms with Gasteiger partial charge in [0.1, 0.15) is 12.4 Å². The lowest BCUT2D eigenvalue weighted by Gasteiger charge is -2.17. The second-order valence-corrected chi connectivity index (χ2v) is 5.16. The van der Waals surface area contributed by atoms with Crippen LogP contribution in [0.5, 0.6) is 5.75 Å². The zero-order valence-corrected chi connectivity index (χ0v) is 12.2. The van der Waals surface area contributed by atoms with E-state index in [0.717, 1.165) is 0 Å². The summed E-state index contributed by atoms with van der Waals surface area (Å²) in [5, 5.41) is 0.551. The van der Waals surface area contributed by atoms with Crippen LogP contribution in [0.2, 0.25) is 5.02 Å². The molecule has 6 heteroatoms. The van der Waals surface area contributed by atoms with E-state index in [1.807, 2.05) is 0 Å². The van der Waals surface area contributed by atoms with Crippen molar-refractivity contribution < 1.29 is 19.1 Å². The van der Waals surface area contributed by atoms with Crippen LogP contribution >= 0.6 is 11.6 Å². The smallest absolute Gasteiger partial charge is 0.337 e. The summed E-state index contributed by atoms with van der Waals surface area (Å²) in [6, 6.07) is 8.48. The molecule has 2 aromatic rings. The molecule has 0 amide bonds. The fraction of sp³-hybridized carbons (Fsp3) is 0.125. The second-order valence-electron chi connectivity index (χ2n) is 4.72. The number of benzene rings is 1. The summed E-state index contributed by atoms with van der Waals surface area (Å²) in [5.41, 5.74) is 1.45. The first-order valence-corrected chi connectivity index (χ1v) is 6.98. The summed E-state index contributed by atoms with van der Waals surface area (Å²) < 4.78 is 10.5. The molecule has 1 aromatic heterocycles. The molecular weight excluding hydrogens is 306 g/mol. The van der Waals surface area contributed by atoms with Crippen molar-refractivity contribution in [3.05, 3.63) is 58.4 Å². The fourth-order valence-corrected chi connectivity index (χ4v) is 2.25. The number of aromatic nitrogens is 1. The molecule has 0 saturated carbocycles. The molecule has 1 N–H and O–H groups in total. The van der Waals surface area contributed by atoms with Gasteiger partial charge in [-0.1, -0.05) is 11.6 Å². The second kappa shape index (κ2) is 6.07. The number of ketones is 1. The van der Waals surface area contributed by atoms with Crippen molar-refractivity contribution in [2.75, 3.05) is 13.2 Å². The van der Waals surface area contributed by atoms with Crippen LogP contribution in [0, 0.1) is 0 Å². The number of esters is 1. The highest BCUT2D eigenvalue weighted by atomic mass is 35.5. The van der Waals surface area contributed by atoms with Crippen LogP contribution in [0.4, 0.5) is 0 Å². The SMILES string of the molecule is O=C(OCC(=O)c1ccc[nH]1)C1=Cc2cc(Cl)ccc2OC1. The third kappa shape index (κ3) is 3.04. The van der Waals surface area contributed by atoms with Crippen LogP contribution in [0.1, 0.15) is 16.1 Å². The number of Topliss-reactive ketones (excluding diaryl/α,β-unsaturated/α-hetero) is 1. The Kier molecular flexibility index (Phi) is 3.98. The molecule has 0 fully saturated rings. The number of hydrogen-bond acceptors (Lipinski definition) is 4. The van der Waals surface area contributed by atoms with Gasteiger partial charge in [-0.25, -0.2) is 4.79 Å². The van der Waals surface area contributed by atoms with Gasteiger partial charge in [-0.3, -0.25) is 4.79 Å². The quantitative estimate of drug-likeness (QED) is 0.695. The minimum Gasteiger partial charge on any atom is -0.488 e. The first kappa shape index (κ1) is 14.4. The van der Waals surface area contributed by atoms with Crippen molar-refractivity contribution in [3.8, 4) is 5.75 Å². The molecule has 0 bridgehead atoms. The van der Waals surface area contributed by atoms with E-state index in [4.69, 9.17) is 21.1 Å². The van der Waals surface area contributed by atoms with Crippen molar-refractivity contribution in [1.29, 1.82) is 0 Å². The molecule has 1 aliphatic rings. The van der Waals surface area contributed by atoms with Crippen molar-refractivity contribution in [1.82, 2.24) is 4.98 Å². The highest BCUT2D eigenvalue weighted by molar-refractivity contribution is 6.30. The van der Waals surface area contributed by atoms with E-state index in [2.05, 4.69) is 4.98 Å². The molecule has 0 spiro atoms. The van der Waals surface area contributed by atoms with E-state index in [1.54, 1.807) is 42.6 Å². The summed E-state index contributed by atoms with van der Waals surface area (Å²) in [6.07, 6.45) is 3.29. The summed E-state index contributed by atoms with van der Waals surface area (Å²) in [6.45, 7) is -0.219. The standard InChI is InChI=1S/C16H12ClNO4/c17-12-3-4-15-10(7-12)6-11(8-21-15)16(20)22-9-14(19)13-2-1-5-18-13/h1-7,18H,8-9H2. The zero-order chi connectivity index (χ0) is 15.5. The lowest BCUT2D eigenvalue weighted by molar-refractivity contribution is -0.138. The number of hydrogen-bond donors (Lipinski definition) is 1. The maximum absolute atomic E-state index is 12.0. The molecule has 22 heavy (non-hydrogen) atoms. The summed E-state index contributed by atoms with van der Waals surface area (Å²) >= 11 is 5.91. The molecule has 0 saturated heterocycles. The van der Waals surface area contributed by atoms with Crippen LogP contribution in [0.25, 0.3) is 6.08 Å². The highest BCUT2D eigenvalue weighted by Crippen LogP contribution is 2.29. The van der Waals surface area contributed by atoms with Crippen molar-refractivity contribution in [2.24, 2.45) is 0 Å². The van der Waals surface area contributed by atoms with Gasteiger partial charge >= 0.3 is 5.97 Å². The third-order valence-corrected chi connectivity index (χ3v) is 3.41. The number of fused-ring (bicyclic) bond motifs is 1. The Morgan fingerprint density at radius 1 is 1.32 bits per heavy atom. The van der Waals surface area contributed by atoms with Crippen LogP contribution < -0.4 is 4.74 Å². The molecule has 1 aromatic carbocycles. The number of ether oxygens (including phenoxy) is 2. The molecule has 0 atom stereocenters. The first-order chi connectivity index (χ1) is 10.6. The van der Waals surface area contributed by atoms with Crippen LogP contribution in [-0.4, -0.2) is 30.0 Å². The topological polar surface area (TPSA) is 68.4 Å². The Labute approximate surface area is 131 Å². The normalized spacial score (nSPS) is 12.9. The molecule has 3 rings (SSSR count). The Hall–Kier alpha value is -2.53. The van der Waals surface area contributed by atoms with Crippen LogP contribution in [0.3, 0.4) is 0 Å². The van der Waals surface area contributed by atoms with E-state index in [9.17, 15) is 9.59 Å². The van der Waals surface area contributed by atoms with Gasteiger partial charge in [0.05, 0.1) is 11.3 Å². The van der Waals surface area contributed by atoms with Gasteiger partial charge in [0, 0.05) is 16.8 Å². The van der Waals surface area contributed by atoms with Gasteiger partial charge < -0.3 is 14.5 Å². The number of carbonyl (C=O) groups excluding carboxylic acids is 2. The number of H-pyrrole nitrogens is 1. The maximum atomic E-state index is 12.0. The van der Waals surface area contributed by atoms with E-state index in [-0.39, 0.29) is 19.0 Å². The van der Waals surface area contributed by atoms with Crippen molar-refractivity contribution in [2.45, 2.75) is 0 Å². The lowest BCUT2D eigenvalue weighted by atomic mass is 10.1. The summed E-state index contributed by atoms with van der Waals surface area (Å²) in [4.78, 5) is 26.5. The summed E-state index contributed by atoms with van der Waals surface area (Å²) in [5.74, 6) is -0.215. The number of rotatable bonds is 4. The Bertz CT molecular complexity index is 750. The average Bonchev–Trinajstić information content (AvgIpc) is 3.06. The number of halogens is 1. The van der Waals surface area contributed by atoms with E-state index in [1.165, 1.54) is 0 Å². The molecule has 0 aliphatic carbocycles. The zero-order valence-electron chi connectivity index (χ0n) is 11.5. The van der Waals surface area contributed by atoms with Gasteiger partial charge in [-0.15, -0.1) is 0 Å². The number of aromatic amines is 1. The predicted octanol–water partition coefficient (Wildman–Crippen LogP) is 2.87. The molecule has 2 heterocycles. The minimum atomic E-state index is -0.578. The van der Waals surface area contributed by atoms with Crippen molar-refractivity contribution >= 4 is 29.4 Å². The number of nitrogens with one attached hydrogen (secondary N) is 1. The van der Waals surface area contributed by atoms with Crippen molar-refractivity contribution in [3.63, 3.8) is 0 Å². The average molecular weight is 318 g/mol. The summed E-state index contributed by atoms with van der Waals surface area (Å²) in [7, 11) is 0. The monoisotopic (exact) mass is 317 g/mol. The molecule has 112 valence electrons. The number of carbonyl (C=O) groups is 2. The Morgan fingerprint density at radius 2 is 2.18 bits per heavy atom. The fourth-order valence-electron chi connectivity index (χ4n) is 2.07. The predicted molar refractivity (Wildman–Crippen MR) is 81.0 cm³/mol. The lowest BCUT2D eigenvalue weighted by Crippen LogP contribution is -2.20. The minimum absolute atomic E-state index is 0.101. The molecule has 0 unspecified atom stereocenters. The molecular formula is C16H12ClNO4. The maximum Gasteiger partial charge on any atom is 0.337 e. The van der Waals surface area contributed by atoms with E-state index >= 15 is 0 Å². The van der Waals surface area contributed by atoms with Gasteiger partial charge in [0.25, 0.3) is 0 Å². The van der Waals surface area contributed by atoms with Crippen LogP contribution in [0.15, 0.2) is 42.1 Å².